The van der Waals surface area contributed by atoms with Gasteiger partial charge in [-0.25, -0.2) is 0 Å². The zero-order valence-corrected chi connectivity index (χ0v) is 17.6. The molecule has 2 amide bonds. The van der Waals surface area contributed by atoms with Crippen molar-refractivity contribution in [3.63, 3.8) is 0 Å². The second-order valence-corrected chi connectivity index (χ2v) is 7.44. The van der Waals surface area contributed by atoms with E-state index in [4.69, 9.17) is 0 Å². The van der Waals surface area contributed by atoms with Gasteiger partial charge < -0.3 is 15.2 Å². The molecule has 3 rings (SSSR count). The Morgan fingerprint density at radius 3 is 2.73 bits per heavy atom. The van der Waals surface area contributed by atoms with Crippen LogP contribution in [0, 0.1) is 0 Å². The molecule has 8 nitrogen and oxygen atoms in total. The second kappa shape index (κ2) is 11.1. The molecule has 2 heterocycles. The topological polar surface area (TPSA) is 102 Å². The van der Waals surface area contributed by atoms with Crippen LogP contribution in [0.25, 0.3) is 0 Å². The highest BCUT2D eigenvalue weighted by Crippen LogP contribution is 2.16. The fourth-order valence-corrected chi connectivity index (χ4v) is 3.57. The van der Waals surface area contributed by atoms with Crippen molar-refractivity contribution in [2.24, 2.45) is 0 Å². The molecule has 0 fully saturated rings. The molecule has 156 valence electrons. The van der Waals surface area contributed by atoms with Gasteiger partial charge in [-0.3, -0.25) is 14.6 Å². The average molecular weight is 425 g/mol. The zero-order chi connectivity index (χ0) is 21.2. The van der Waals surface area contributed by atoms with Gasteiger partial charge in [0.25, 0.3) is 0 Å². The maximum absolute atomic E-state index is 12.1. The lowest BCUT2D eigenvalue weighted by atomic mass is 10.1. The number of thioether (sulfide) groups is 1. The Hall–Kier alpha value is -3.20. The monoisotopic (exact) mass is 424 g/mol. The first-order valence-electron chi connectivity index (χ1n) is 9.70. The summed E-state index contributed by atoms with van der Waals surface area (Å²) in [5.74, 6) is -0.341. The molecule has 2 N–H and O–H groups in total. The Morgan fingerprint density at radius 1 is 1.10 bits per heavy atom. The summed E-state index contributed by atoms with van der Waals surface area (Å²) in [6, 6.07) is 13.4. The molecule has 2 aromatic heterocycles. The smallest absolute Gasteiger partial charge is 0.243 e. The Balaban J connectivity index is 1.42. The molecular weight excluding hydrogens is 400 g/mol. The molecule has 0 bridgehead atoms. The number of aromatic nitrogens is 4. The first-order valence-corrected chi connectivity index (χ1v) is 10.7. The third-order valence-corrected chi connectivity index (χ3v) is 5.35. The normalized spacial score (nSPS) is 10.6. The number of pyridine rings is 1. The maximum Gasteiger partial charge on any atom is 0.243 e. The number of nitrogens with one attached hydrogen (secondary N) is 2. The minimum Gasteiger partial charge on any atom is -0.346 e. The van der Waals surface area contributed by atoms with Crippen LogP contribution < -0.4 is 10.6 Å². The summed E-state index contributed by atoms with van der Waals surface area (Å²) in [6.07, 6.45) is 4.97. The number of amides is 2. The lowest BCUT2D eigenvalue weighted by Crippen LogP contribution is -2.34. The van der Waals surface area contributed by atoms with Gasteiger partial charge in [0.15, 0.2) is 5.16 Å². The minimum atomic E-state index is -0.257. The van der Waals surface area contributed by atoms with Crippen molar-refractivity contribution in [2.45, 2.75) is 31.5 Å². The number of hydrogen-bond acceptors (Lipinski definition) is 6. The van der Waals surface area contributed by atoms with Gasteiger partial charge in [0.2, 0.25) is 11.8 Å². The predicted octanol–water partition coefficient (Wildman–Crippen LogP) is 2.33. The molecule has 0 aliphatic heterocycles. The van der Waals surface area contributed by atoms with Crippen molar-refractivity contribution < 1.29 is 9.59 Å². The number of para-hydroxylation sites is 1. The summed E-state index contributed by atoms with van der Waals surface area (Å²) in [7, 11) is 0. The minimum absolute atomic E-state index is 0.0796. The number of hydrogen-bond donors (Lipinski definition) is 2. The summed E-state index contributed by atoms with van der Waals surface area (Å²) < 4.78 is 1.89. The number of rotatable bonds is 10. The standard InChI is InChI=1S/C21H24N6O2S/c1-2-16-7-3-4-9-18(16)25-19(28)13-23-20(29)14-30-21-26-24-15-27(21)12-10-17-8-5-6-11-22-17/h3-9,11,15H,2,10,12-14H2,1H3,(H,23,29)(H,25,28). The quantitative estimate of drug-likeness (QED) is 0.485. The number of nitrogens with zero attached hydrogens (tertiary/aromatic N) is 4. The van der Waals surface area contributed by atoms with E-state index in [0.717, 1.165) is 29.8 Å². The lowest BCUT2D eigenvalue weighted by Gasteiger charge is -2.10. The van der Waals surface area contributed by atoms with E-state index < -0.39 is 0 Å². The van der Waals surface area contributed by atoms with E-state index in [-0.39, 0.29) is 24.1 Å². The van der Waals surface area contributed by atoms with Gasteiger partial charge in [0.1, 0.15) is 6.33 Å². The fraction of sp³-hybridized carbons (Fsp3) is 0.286. The van der Waals surface area contributed by atoms with Crippen molar-refractivity contribution in [1.82, 2.24) is 25.1 Å². The van der Waals surface area contributed by atoms with Crippen LogP contribution in [0.1, 0.15) is 18.2 Å². The lowest BCUT2D eigenvalue weighted by molar-refractivity contribution is -0.122. The number of anilines is 1. The molecule has 0 aliphatic rings. The molecule has 1 aromatic carbocycles. The molecule has 0 unspecified atom stereocenters. The van der Waals surface area contributed by atoms with E-state index in [1.807, 2.05) is 54.0 Å². The van der Waals surface area contributed by atoms with E-state index >= 15 is 0 Å². The van der Waals surface area contributed by atoms with Gasteiger partial charge >= 0.3 is 0 Å². The molecule has 0 spiro atoms. The molecule has 0 saturated carbocycles. The van der Waals surface area contributed by atoms with Crippen LogP contribution in [0.15, 0.2) is 60.1 Å². The highest BCUT2D eigenvalue weighted by Gasteiger charge is 2.11. The van der Waals surface area contributed by atoms with E-state index in [1.54, 1.807) is 12.5 Å². The van der Waals surface area contributed by atoms with Crippen molar-refractivity contribution in [3.05, 3.63) is 66.2 Å². The van der Waals surface area contributed by atoms with Gasteiger partial charge in [-0.1, -0.05) is 43.0 Å². The van der Waals surface area contributed by atoms with Gasteiger partial charge in [0, 0.05) is 30.5 Å². The van der Waals surface area contributed by atoms with Crippen molar-refractivity contribution in [1.29, 1.82) is 0 Å². The van der Waals surface area contributed by atoms with E-state index in [2.05, 4.69) is 25.8 Å². The number of aryl methyl sites for hydroxylation is 3. The third kappa shape index (κ3) is 6.41. The van der Waals surface area contributed by atoms with E-state index in [9.17, 15) is 9.59 Å². The largest absolute Gasteiger partial charge is 0.346 e. The Labute approximate surface area is 179 Å². The van der Waals surface area contributed by atoms with Gasteiger partial charge in [-0.05, 0) is 30.2 Å². The van der Waals surface area contributed by atoms with Gasteiger partial charge in [-0.2, -0.15) is 0 Å². The zero-order valence-electron chi connectivity index (χ0n) is 16.7. The SMILES string of the molecule is CCc1ccccc1NC(=O)CNC(=O)CSc1nncn1CCc1ccccn1. The Bertz CT molecular complexity index is 976. The van der Waals surface area contributed by atoms with Crippen molar-refractivity contribution >= 4 is 29.3 Å². The summed E-state index contributed by atoms with van der Waals surface area (Å²) in [4.78, 5) is 28.6. The Kier molecular flexibility index (Phi) is 7.96. The molecule has 0 radical (unpaired) electrons. The van der Waals surface area contributed by atoms with E-state index in [0.29, 0.717) is 11.7 Å². The molecule has 0 atom stereocenters. The van der Waals surface area contributed by atoms with E-state index in [1.165, 1.54) is 11.8 Å². The molecular formula is C21H24N6O2S. The summed E-state index contributed by atoms with van der Waals surface area (Å²) in [5.41, 5.74) is 2.81. The Morgan fingerprint density at radius 2 is 1.93 bits per heavy atom. The fourth-order valence-electron chi connectivity index (χ4n) is 2.80. The highest BCUT2D eigenvalue weighted by atomic mass is 32.2. The summed E-state index contributed by atoms with van der Waals surface area (Å²) in [6.45, 7) is 2.62. The molecule has 0 aliphatic carbocycles. The number of carbonyl (C=O) groups is 2. The molecule has 30 heavy (non-hydrogen) atoms. The van der Waals surface area contributed by atoms with Crippen LogP contribution >= 0.6 is 11.8 Å². The molecule has 9 heteroatoms. The van der Waals surface area contributed by atoms with Crippen LogP contribution in [-0.2, 0) is 29.0 Å². The van der Waals surface area contributed by atoms with Crippen molar-refractivity contribution in [2.75, 3.05) is 17.6 Å². The van der Waals surface area contributed by atoms with Gasteiger partial charge in [0.05, 0.1) is 12.3 Å². The first-order chi connectivity index (χ1) is 14.7. The first kappa shape index (κ1) is 21.5. The maximum atomic E-state index is 12.1. The number of benzene rings is 1. The van der Waals surface area contributed by atoms with Crippen molar-refractivity contribution in [3.8, 4) is 0 Å². The summed E-state index contributed by atoms with van der Waals surface area (Å²) in [5, 5.41) is 14.1. The molecule has 0 saturated heterocycles. The van der Waals surface area contributed by atoms with Crippen LogP contribution in [0.5, 0.6) is 0 Å². The second-order valence-electron chi connectivity index (χ2n) is 6.50. The predicted molar refractivity (Wildman–Crippen MR) is 116 cm³/mol. The van der Waals surface area contributed by atoms with Crippen LogP contribution in [0.4, 0.5) is 5.69 Å². The van der Waals surface area contributed by atoms with Gasteiger partial charge in [-0.15, -0.1) is 10.2 Å². The average Bonchev–Trinajstić information content (AvgIpc) is 3.23. The highest BCUT2D eigenvalue weighted by molar-refractivity contribution is 7.99. The number of carbonyl (C=O) groups excluding carboxylic acids is 2. The van der Waals surface area contributed by atoms with Crippen LogP contribution in [0.3, 0.4) is 0 Å². The van der Waals surface area contributed by atoms with Crippen LogP contribution in [-0.4, -0.2) is 43.9 Å². The molecule has 3 aromatic rings. The van der Waals surface area contributed by atoms with Crippen LogP contribution in [0.2, 0.25) is 0 Å². The third-order valence-electron chi connectivity index (χ3n) is 4.37. The summed E-state index contributed by atoms with van der Waals surface area (Å²) >= 11 is 1.28.